The summed E-state index contributed by atoms with van der Waals surface area (Å²) in [4.78, 5) is 4.77. The van der Waals surface area contributed by atoms with Crippen LogP contribution in [0, 0.1) is 6.92 Å². The van der Waals surface area contributed by atoms with Gasteiger partial charge in [-0.3, -0.25) is 4.90 Å². The molecule has 0 saturated carbocycles. The smallest absolute Gasteiger partial charge is 0.0900 e. The molecule has 0 spiro atoms. The van der Waals surface area contributed by atoms with Crippen molar-refractivity contribution in [1.82, 2.24) is 9.80 Å². The number of aryl methyl sites for hydroxylation is 1. The summed E-state index contributed by atoms with van der Waals surface area (Å²) in [7, 11) is 0. The Balaban J connectivity index is 0.00000242. The number of aliphatic hydroxyl groups excluding tert-OH is 1. The molecule has 0 radical (unpaired) electrons. The van der Waals surface area contributed by atoms with Crippen LogP contribution in [0.25, 0.3) is 0 Å². The zero-order valence-electron chi connectivity index (χ0n) is 14.1. The molecule has 1 aromatic rings. The molecular weight excluding hydrogens is 335 g/mol. The van der Waals surface area contributed by atoms with Crippen molar-refractivity contribution in [3.8, 4) is 0 Å². The number of nitrogens with zero attached hydrogens (tertiary/aromatic N) is 2. The van der Waals surface area contributed by atoms with Crippen molar-refractivity contribution in [1.29, 1.82) is 0 Å². The first-order valence-electron chi connectivity index (χ1n) is 7.93. The van der Waals surface area contributed by atoms with E-state index in [1.54, 1.807) is 0 Å². The summed E-state index contributed by atoms with van der Waals surface area (Å²) in [6.45, 7) is 11.4. The lowest BCUT2D eigenvalue weighted by atomic mass is 10.2. The van der Waals surface area contributed by atoms with Gasteiger partial charge in [-0.1, -0.05) is 36.8 Å². The van der Waals surface area contributed by atoms with Crippen LogP contribution >= 0.6 is 24.8 Å². The molecule has 2 rings (SSSR count). The Hall–Kier alpha value is -0.360. The molecule has 1 N–H and O–H groups in total. The minimum atomic E-state index is -0.399. The first-order chi connectivity index (χ1) is 10.2. The van der Waals surface area contributed by atoms with Crippen molar-refractivity contribution in [3.63, 3.8) is 0 Å². The summed E-state index contributed by atoms with van der Waals surface area (Å²) in [5.41, 5.74) is 2.41. The quantitative estimate of drug-likeness (QED) is 0.805. The minimum Gasteiger partial charge on any atom is -0.389 e. The maximum atomic E-state index is 10.1. The number of hydrogen-bond acceptors (Lipinski definition) is 4. The van der Waals surface area contributed by atoms with Crippen LogP contribution in [0.3, 0.4) is 0 Å². The van der Waals surface area contributed by atoms with E-state index in [-0.39, 0.29) is 24.8 Å². The molecule has 0 aliphatic carbocycles. The lowest BCUT2D eigenvalue weighted by Crippen LogP contribution is -2.48. The number of benzene rings is 1. The van der Waals surface area contributed by atoms with Gasteiger partial charge in [0.1, 0.15) is 0 Å². The highest BCUT2D eigenvalue weighted by Crippen LogP contribution is 2.06. The number of piperazine rings is 1. The van der Waals surface area contributed by atoms with Gasteiger partial charge in [0.05, 0.1) is 19.3 Å². The van der Waals surface area contributed by atoms with Crippen LogP contribution in [0.5, 0.6) is 0 Å². The van der Waals surface area contributed by atoms with Gasteiger partial charge in [-0.15, -0.1) is 24.8 Å². The number of aliphatic hydroxyl groups is 1. The first-order valence-corrected chi connectivity index (χ1v) is 7.93. The molecule has 4 nitrogen and oxygen atoms in total. The van der Waals surface area contributed by atoms with Gasteiger partial charge in [0.2, 0.25) is 0 Å². The average molecular weight is 365 g/mol. The van der Waals surface area contributed by atoms with E-state index < -0.39 is 6.10 Å². The van der Waals surface area contributed by atoms with Gasteiger partial charge in [-0.05, 0) is 19.0 Å². The van der Waals surface area contributed by atoms with Gasteiger partial charge < -0.3 is 14.7 Å². The topological polar surface area (TPSA) is 35.9 Å². The second kappa shape index (κ2) is 12.1. The molecule has 1 aliphatic rings. The molecule has 1 atom stereocenters. The number of likely N-dealkylation sites (N-methyl/N-ethyl adjacent to an activating group) is 1. The maximum absolute atomic E-state index is 10.1. The summed E-state index contributed by atoms with van der Waals surface area (Å²) in [5.74, 6) is 0. The zero-order chi connectivity index (χ0) is 15.1. The molecule has 0 aromatic heterocycles. The number of rotatable bonds is 7. The predicted molar refractivity (Wildman–Crippen MR) is 99.9 cm³/mol. The van der Waals surface area contributed by atoms with E-state index in [2.05, 4.69) is 47.9 Å². The fourth-order valence-electron chi connectivity index (χ4n) is 2.64. The molecule has 6 heteroatoms. The summed E-state index contributed by atoms with van der Waals surface area (Å²) in [5, 5.41) is 10.1. The molecule has 1 unspecified atom stereocenters. The summed E-state index contributed by atoms with van der Waals surface area (Å²) in [6, 6.07) is 8.32. The van der Waals surface area contributed by atoms with Crippen molar-refractivity contribution in [3.05, 3.63) is 35.4 Å². The first kappa shape index (κ1) is 22.6. The molecule has 1 saturated heterocycles. The van der Waals surface area contributed by atoms with Gasteiger partial charge in [0.15, 0.2) is 0 Å². The van der Waals surface area contributed by atoms with E-state index in [1.807, 2.05) is 0 Å². The van der Waals surface area contributed by atoms with E-state index in [0.29, 0.717) is 19.8 Å². The average Bonchev–Trinajstić information content (AvgIpc) is 2.50. The Morgan fingerprint density at radius 2 is 1.61 bits per heavy atom. The van der Waals surface area contributed by atoms with Crippen molar-refractivity contribution in [2.75, 3.05) is 45.9 Å². The van der Waals surface area contributed by atoms with E-state index in [4.69, 9.17) is 4.74 Å². The van der Waals surface area contributed by atoms with E-state index in [9.17, 15) is 5.11 Å². The van der Waals surface area contributed by atoms with Gasteiger partial charge >= 0.3 is 0 Å². The highest BCUT2D eigenvalue weighted by atomic mass is 35.5. The van der Waals surface area contributed by atoms with Crippen LogP contribution in [0.4, 0.5) is 0 Å². The molecule has 1 aromatic carbocycles. The van der Waals surface area contributed by atoms with Crippen LogP contribution < -0.4 is 0 Å². The third-order valence-corrected chi connectivity index (χ3v) is 4.08. The Morgan fingerprint density at radius 1 is 1.04 bits per heavy atom. The van der Waals surface area contributed by atoms with Gasteiger partial charge in [0, 0.05) is 32.7 Å². The van der Waals surface area contributed by atoms with Crippen LogP contribution in [-0.4, -0.2) is 66.9 Å². The van der Waals surface area contributed by atoms with Crippen molar-refractivity contribution < 1.29 is 9.84 Å². The normalized spacial score (nSPS) is 17.2. The number of halogens is 2. The summed E-state index contributed by atoms with van der Waals surface area (Å²) < 4.78 is 5.62. The van der Waals surface area contributed by atoms with Crippen molar-refractivity contribution in [2.24, 2.45) is 0 Å². The second-order valence-corrected chi connectivity index (χ2v) is 5.89. The summed E-state index contributed by atoms with van der Waals surface area (Å²) >= 11 is 0. The monoisotopic (exact) mass is 364 g/mol. The predicted octanol–water partition coefficient (Wildman–Crippen LogP) is 2.35. The fourth-order valence-corrected chi connectivity index (χ4v) is 2.64. The highest BCUT2D eigenvalue weighted by molar-refractivity contribution is 5.85. The van der Waals surface area contributed by atoms with Crippen LogP contribution in [0.15, 0.2) is 24.3 Å². The van der Waals surface area contributed by atoms with Crippen molar-refractivity contribution >= 4 is 24.8 Å². The second-order valence-electron chi connectivity index (χ2n) is 5.89. The van der Waals surface area contributed by atoms with Gasteiger partial charge in [-0.2, -0.15) is 0 Å². The Labute approximate surface area is 152 Å². The van der Waals surface area contributed by atoms with Gasteiger partial charge in [0.25, 0.3) is 0 Å². The Kier molecular flexibility index (Phi) is 11.9. The standard InChI is InChI=1S/C17H28N2O2.2ClH/c1-3-18-8-10-19(11-9-18)12-17(20)14-21-13-16-6-4-15(2)5-7-16;;/h4-7,17,20H,3,8-14H2,1-2H3;2*1H. The maximum Gasteiger partial charge on any atom is 0.0900 e. The van der Waals surface area contributed by atoms with Gasteiger partial charge in [-0.25, -0.2) is 0 Å². The zero-order valence-corrected chi connectivity index (χ0v) is 15.7. The molecule has 134 valence electrons. The molecule has 23 heavy (non-hydrogen) atoms. The third kappa shape index (κ3) is 8.34. The third-order valence-electron chi connectivity index (χ3n) is 4.08. The number of ether oxygens (including phenoxy) is 1. The highest BCUT2D eigenvalue weighted by Gasteiger charge is 2.18. The molecular formula is C17H30Cl2N2O2. The van der Waals surface area contributed by atoms with E-state index in [0.717, 1.165) is 38.3 Å². The summed E-state index contributed by atoms with van der Waals surface area (Å²) in [6.07, 6.45) is -0.399. The van der Waals surface area contributed by atoms with E-state index in [1.165, 1.54) is 5.56 Å². The fraction of sp³-hybridized carbons (Fsp3) is 0.647. The van der Waals surface area contributed by atoms with Crippen molar-refractivity contribution in [2.45, 2.75) is 26.6 Å². The lowest BCUT2D eigenvalue weighted by molar-refractivity contribution is 0.00177. The number of hydrogen-bond donors (Lipinski definition) is 1. The molecule has 1 heterocycles. The number of β-amino-alcohol motifs (C(OH)–C–C–N with tert-alkyl or cyclic N) is 1. The molecule has 0 bridgehead atoms. The SMILES string of the molecule is CCN1CCN(CC(O)COCc2ccc(C)cc2)CC1.Cl.Cl. The minimum absolute atomic E-state index is 0. The largest absolute Gasteiger partial charge is 0.389 e. The Morgan fingerprint density at radius 3 is 2.17 bits per heavy atom. The molecule has 1 aliphatic heterocycles. The van der Waals surface area contributed by atoms with Crippen LogP contribution in [0.2, 0.25) is 0 Å². The van der Waals surface area contributed by atoms with Crippen LogP contribution in [-0.2, 0) is 11.3 Å². The van der Waals surface area contributed by atoms with Crippen LogP contribution in [0.1, 0.15) is 18.1 Å². The molecule has 1 fully saturated rings. The van der Waals surface area contributed by atoms with E-state index >= 15 is 0 Å². The Bertz CT molecular complexity index is 410. The molecule has 0 amide bonds. The lowest BCUT2D eigenvalue weighted by Gasteiger charge is -2.34.